The third kappa shape index (κ3) is 1.73. The Morgan fingerprint density at radius 2 is 2.29 bits per heavy atom. The van der Waals surface area contributed by atoms with Crippen LogP contribution in [0.5, 0.6) is 5.75 Å². The van der Waals surface area contributed by atoms with E-state index in [2.05, 4.69) is 18.2 Å². The molecule has 1 N–H and O–H groups in total. The third-order valence-electron chi connectivity index (χ3n) is 2.36. The van der Waals surface area contributed by atoms with Crippen LogP contribution < -0.4 is 10.1 Å². The van der Waals surface area contributed by atoms with Crippen LogP contribution in [0.2, 0.25) is 0 Å². The molecule has 0 bridgehead atoms. The first-order valence-electron chi connectivity index (χ1n) is 4.68. The van der Waals surface area contributed by atoms with Crippen LogP contribution in [-0.2, 0) is 0 Å². The van der Waals surface area contributed by atoms with Crippen LogP contribution >= 0.6 is 0 Å². The number of hydrogen-bond donors (Lipinski definition) is 1. The van der Waals surface area contributed by atoms with Crippen molar-refractivity contribution in [3.05, 3.63) is 29.8 Å². The molecule has 2 nitrogen and oxygen atoms in total. The lowest BCUT2D eigenvalue weighted by Gasteiger charge is -2.39. The van der Waals surface area contributed by atoms with E-state index in [1.54, 1.807) is 0 Å². The third-order valence-corrected chi connectivity index (χ3v) is 2.36. The zero-order valence-electron chi connectivity index (χ0n) is 8.21. The SMILES string of the molecule is C#Cc1cccc(OC2(C)CNC2)c1. The maximum Gasteiger partial charge on any atom is 0.131 e. The average molecular weight is 187 g/mol. The number of terminal acetylenes is 1. The van der Waals surface area contributed by atoms with Gasteiger partial charge in [-0.15, -0.1) is 6.42 Å². The summed E-state index contributed by atoms with van der Waals surface area (Å²) in [5.74, 6) is 3.44. The van der Waals surface area contributed by atoms with E-state index in [4.69, 9.17) is 11.2 Å². The van der Waals surface area contributed by atoms with E-state index >= 15 is 0 Å². The number of ether oxygens (including phenoxy) is 1. The van der Waals surface area contributed by atoms with Crippen LogP contribution in [0.3, 0.4) is 0 Å². The summed E-state index contributed by atoms with van der Waals surface area (Å²) >= 11 is 0. The number of nitrogens with one attached hydrogen (secondary N) is 1. The van der Waals surface area contributed by atoms with Gasteiger partial charge in [-0.3, -0.25) is 0 Å². The first-order chi connectivity index (χ1) is 6.72. The predicted molar refractivity (Wildman–Crippen MR) is 56.3 cm³/mol. The zero-order chi connectivity index (χ0) is 10.0. The molecule has 1 aliphatic rings. The molecule has 0 radical (unpaired) electrons. The molecule has 1 saturated heterocycles. The Hall–Kier alpha value is -1.46. The van der Waals surface area contributed by atoms with Gasteiger partial charge in [-0.2, -0.15) is 0 Å². The highest BCUT2D eigenvalue weighted by Gasteiger charge is 2.33. The largest absolute Gasteiger partial charge is 0.485 e. The zero-order valence-corrected chi connectivity index (χ0v) is 8.21. The highest BCUT2D eigenvalue weighted by molar-refractivity contribution is 5.38. The molecule has 0 atom stereocenters. The summed E-state index contributed by atoms with van der Waals surface area (Å²) in [6.07, 6.45) is 5.31. The van der Waals surface area contributed by atoms with Crippen LogP contribution in [0.25, 0.3) is 0 Å². The molecular formula is C12H13NO. The molecule has 0 amide bonds. The van der Waals surface area contributed by atoms with Crippen LogP contribution in [0, 0.1) is 12.3 Å². The van der Waals surface area contributed by atoms with Crippen molar-refractivity contribution in [1.82, 2.24) is 5.32 Å². The molecule has 1 fully saturated rings. The minimum atomic E-state index is -0.0623. The first-order valence-corrected chi connectivity index (χ1v) is 4.68. The van der Waals surface area contributed by atoms with Crippen molar-refractivity contribution < 1.29 is 4.74 Å². The Balaban J connectivity index is 2.13. The molecule has 0 aromatic heterocycles. The molecule has 14 heavy (non-hydrogen) atoms. The molecule has 2 rings (SSSR count). The lowest BCUT2D eigenvalue weighted by Crippen LogP contribution is -2.61. The van der Waals surface area contributed by atoms with Crippen molar-refractivity contribution in [3.8, 4) is 18.1 Å². The van der Waals surface area contributed by atoms with Gasteiger partial charge in [-0.1, -0.05) is 12.0 Å². The minimum Gasteiger partial charge on any atom is -0.485 e. The Bertz CT molecular complexity index is 374. The molecular weight excluding hydrogens is 174 g/mol. The Morgan fingerprint density at radius 1 is 1.50 bits per heavy atom. The van der Waals surface area contributed by atoms with Crippen molar-refractivity contribution in [3.63, 3.8) is 0 Å². The van der Waals surface area contributed by atoms with Crippen LogP contribution in [0.15, 0.2) is 24.3 Å². The van der Waals surface area contributed by atoms with Gasteiger partial charge >= 0.3 is 0 Å². The second-order valence-electron chi connectivity index (χ2n) is 3.83. The van der Waals surface area contributed by atoms with Gasteiger partial charge < -0.3 is 10.1 Å². The van der Waals surface area contributed by atoms with Gasteiger partial charge in [0.1, 0.15) is 11.4 Å². The van der Waals surface area contributed by atoms with E-state index in [1.165, 1.54) is 0 Å². The summed E-state index contributed by atoms with van der Waals surface area (Å²) in [6, 6.07) is 7.64. The topological polar surface area (TPSA) is 21.3 Å². The van der Waals surface area contributed by atoms with Gasteiger partial charge in [0, 0.05) is 18.7 Å². The van der Waals surface area contributed by atoms with Crippen molar-refractivity contribution in [2.45, 2.75) is 12.5 Å². The van der Waals surface area contributed by atoms with Crippen molar-refractivity contribution >= 4 is 0 Å². The predicted octanol–water partition coefficient (Wildman–Crippen LogP) is 1.41. The Kier molecular flexibility index (Phi) is 2.18. The van der Waals surface area contributed by atoms with Gasteiger partial charge in [0.15, 0.2) is 0 Å². The molecule has 1 aliphatic heterocycles. The summed E-state index contributed by atoms with van der Waals surface area (Å²) in [5, 5.41) is 3.19. The van der Waals surface area contributed by atoms with Gasteiger partial charge in [0.05, 0.1) is 0 Å². The highest BCUT2D eigenvalue weighted by Crippen LogP contribution is 2.22. The second kappa shape index (κ2) is 3.36. The fraction of sp³-hybridized carbons (Fsp3) is 0.333. The van der Waals surface area contributed by atoms with Gasteiger partial charge in [-0.05, 0) is 25.1 Å². The minimum absolute atomic E-state index is 0.0623. The van der Waals surface area contributed by atoms with E-state index in [9.17, 15) is 0 Å². The molecule has 0 saturated carbocycles. The van der Waals surface area contributed by atoms with Gasteiger partial charge in [0.25, 0.3) is 0 Å². The maximum absolute atomic E-state index is 5.82. The molecule has 0 spiro atoms. The van der Waals surface area contributed by atoms with E-state index in [0.717, 1.165) is 24.4 Å². The van der Waals surface area contributed by atoms with Crippen LogP contribution in [0.1, 0.15) is 12.5 Å². The quantitative estimate of drug-likeness (QED) is 0.707. The Labute approximate surface area is 84.3 Å². The molecule has 1 aromatic rings. The van der Waals surface area contributed by atoms with Gasteiger partial charge in [-0.25, -0.2) is 0 Å². The van der Waals surface area contributed by atoms with Crippen molar-refractivity contribution in [1.29, 1.82) is 0 Å². The monoisotopic (exact) mass is 187 g/mol. The summed E-state index contributed by atoms with van der Waals surface area (Å²) in [7, 11) is 0. The van der Waals surface area contributed by atoms with Crippen molar-refractivity contribution in [2.24, 2.45) is 0 Å². The maximum atomic E-state index is 5.82. The normalized spacial score (nSPS) is 18.0. The highest BCUT2D eigenvalue weighted by atomic mass is 16.5. The fourth-order valence-corrected chi connectivity index (χ4v) is 1.48. The summed E-state index contributed by atoms with van der Waals surface area (Å²) in [4.78, 5) is 0. The molecule has 1 aromatic carbocycles. The van der Waals surface area contributed by atoms with Crippen LogP contribution in [0.4, 0.5) is 0 Å². The molecule has 2 heteroatoms. The van der Waals surface area contributed by atoms with E-state index in [1.807, 2.05) is 24.3 Å². The number of hydrogen-bond acceptors (Lipinski definition) is 2. The second-order valence-corrected chi connectivity index (χ2v) is 3.83. The molecule has 0 aliphatic carbocycles. The summed E-state index contributed by atoms with van der Waals surface area (Å²) in [6.45, 7) is 3.88. The molecule has 0 unspecified atom stereocenters. The van der Waals surface area contributed by atoms with E-state index < -0.39 is 0 Å². The average Bonchev–Trinajstić information content (AvgIpc) is 2.16. The number of rotatable bonds is 2. The van der Waals surface area contributed by atoms with Crippen LogP contribution in [-0.4, -0.2) is 18.7 Å². The standard InChI is InChI=1S/C12H13NO/c1-3-10-5-4-6-11(7-10)14-12(2)8-13-9-12/h1,4-7,13H,8-9H2,2H3. The molecule has 1 heterocycles. The fourth-order valence-electron chi connectivity index (χ4n) is 1.48. The molecule has 72 valence electrons. The number of benzene rings is 1. The summed E-state index contributed by atoms with van der Waals surface area (Å²) in [5.41, 5.74) is 0.797. The Morgan fingerprint density at radius 3 is 2.86 bits per heavy atom. The smallest absolute Gasteiger partial charge is 0.131 e. The lowest BCUT2D eigenvalue weighted by atomic mass is 10.00. The van der Waals surface area contributed by atoms with Crippen molar-refractivity contribution in [2.75, 3.05) is 13.1 Å². The van der Waals surface area contributed by atoms with Gasteiger partial charge in [0.2, 0.25) is 0 Å². The van der Waals surface area contributed by atoms with E-state index in [0.29, 0.717) is 0 Å². The summed E-state index contributed by atoms with van der Waals surface area (Å²) < 4.78 is 5.82. The first kappa shape index (κ1) is 9.11. The lowest BCUT2D eigenvalue weighted by molar-refractivity contribution is 0.0349. The van der Waals surface area contributed by atoms with E-state index in [-0.39, 0.29) is 5.60 Å².